The average Bonchev–Trinajstić information content (AvgIpc) is 2.07. The first kappa shape index (κ1) is 7.46. The number of nitrogens with zero attached hydrogens (tertiary/aromatic N) is 1. The maximum atomic E-state index is 10.8. The van der Waals surface area contributed by atoms with E-state index < -0.39 is 17.7 Å². The Morgan fingerprint density at radius 1 is 1.55 bits per heavy atom. The van der Waals surface area contributed by atoms with Crippen LogP contribution in [0.3, 0.4) is 0 Å². The third kappa shape index (κ3) is 1.000. The Morgan fingerprint density at radius 2 is 2.09 bits per heavy atom. The summed E-state index contributed by atoms with van der Waals surface area (Å²) in [4.78, 5) is 32.7. The number of nitrogens with two attached hydrogens (primary N) is 1. The number of amides is 3. The molecule has 58 valence electrons. The van der Waals surface area contributed by atoms with E-state index in [1.165, 1.54) is 0 Å². The van der Waals surface area contributed by atoms with Gasteiger partial charge in [0, 0.05) is 13.0 Å². The standard InChI is InChI=1S/C6H6N2O3/c1-3(9)8-5(10)2-4(7)6(8)11/h2H,7H2,1H3. The predicted molar refractivity (Wildman–Crippen MR) is 34.8 cm³/mol. The first-order chi connectivity index (χ1) is 5.04. The fourth-order valence-corrected chi connectivity index (χ4v) is 0.787. The quantitative estimate of drug-likeness (QED) is 0.442. The molecule has 0 aromatic heterocycles. The van der Waals surface area contributed by atoms with Crippen molar-refractivity contribution in [2.24, 2.45) is 5.73 Å². The summed E-state index contributed by atoms with van der Waals surface area (Å²) in [6.07, 6.45) is 0.934. The van der Waals surface area contributed by atoms with Gasteiger partial charge in [0.2, 0.25) is 5.91 Å². The zero-order valence-electron chi connectivity index (χ0n) is 5.83. The molecule has 1 heterocycles. The maximum absolute atomic E-state index is 10.8. The molecule has 0 saturated carbocycles. The fourth-order valence-electron chi connectivity index (χ4n) is 0.787. The third-order valence-electron chi connectivity index (χ3n) is 1.26. The van der Waals surface area contributed by atoms with Crippen molar-refractivity contribution in [3.63, 3.8) is 0 Å². The van der Waals surface area contributed by atoms with Gasteiger partial charge in [-0.25, -0.2) is 4.90 Å². The van der Waals surface area contributed by atoms with Crippen molar-refractivity contribution >= 4 is 17.7 Å². The predicted octanol–water partition coefficient (Wildman–Crippen LogP) is -1.26. The normalized spacial score (nSPS) is 17.2. The monoisotopic (exact) mass is 154 g/mol. The molecule has 0 spiro atoms. The molecule has 5 heteroatoms. The van der Waals surface area contributed by atoms with Crippen LogP contribution in [-0.2, 0) is 14.4 Å². The highest BCUT2D eigenvalue weighted by molar-refractivity contribution is 6.24. The molecule has 1 aliphatic rings. The van der Waals surface area contributed by atoms with E-state index in [0.717, 1.165) is 13.0 Å². The molecule has 2 N–H and O–H groups in total. The van der Waals surface area contributed by atoms with Crippen LogP contribution < -0.4 is 5.73 Å². The number of imide groups is 3. The van der Waals surface area contributed by atoms with Crippen LogP contribution in [0.4, 0.5) is 0 Å². The molecule has 0 aromatic carbocycles. The molecule has 0 unspecified atom stereocenters. The van der Waals surface area contributed by atoms with Crippen molar-refractivity contribution in [2.75, 3.05) is 0 Å². The third-order valence-corrected chi connectivity index (χ3v) is 1.26. The van der Waals surface area contributed by atoms with Crippen LogP contribution in [-0.4, -0.2) is 22.6 Å². The molecule has 5 nitrogen and oxygen atoms in total. The Hall–Kier alpha value is -1.65. The van der Waals surface area contributed by atoms with Gasteiger partial charge in [0.25, 0.3) is 11.8 Å². The topological polar surface area (TPSA) is 80.5 Å². The Kier molecular flexibility index (Phi) is 1.48. The lowest BCUT2D eigenvalue weighted by atomic mass is 10.4. The number of rotatable bonds is 0. The summed E-state index contributed by atoms with van der Waals surface area (Å²) in [5.74, 6) is -2.01. The molecule has 1 rings (SSSR count). The summed E-state index contributed by atoms with van der Waals surface area (Å²) in [7, 11) is 0. The zero-order chi connectivity index (χ0) is 8.59. The highest BCUT2D eigenvalue weighted by atomic mass is 16.2. The minimum atomic E-state index is -0.734. The second-order valence-electron chi connectivity index (χ2n) is 2.10. The fraction of sp³-hybridized carbons (Fsp3) is 0.167. The summed E-state index contributed by atoms with van der Waals surface area (Å²) in [6, 6.07) is 0. The molecule has 0 radical (unpaired) electrons. The highest BCUT2D eigenvalue weighted by Gasteiger charge is 2.32. The summed E-state index contributed by atoms with van der Waals surface area (Å²) in [5.41, 5.74) is 4.90. The van der Waals surface area contributed by atoms with Gasteiger partial charge in [-0.15, -0.1) is 0 Å². The van der Waals surface area contributed by atoms with Gasteiger partial charge in [0.05, 0.1) is 0 Å². The first-order valence-electron chi connectivity index (χ1n) is 2.90. The second kappa shape index (κ2) is 2.19. The van der Waals surface area contributed by atoms with Crippen molar-refractivity contribution in [1.82, 2.24) is 4.90 Å². The van der Waals surface area contributed by atoms with Crippen LogP contribution in [0.5, 0.6) is 0 Å². The van der Waals surface area contributed by atoms with Crippen molar-refractivity contribution in [3.05, 3.63) is 11.8 Å². The van der Waals surface area contributed by atoms with Gasteiger partial charge < -0.3 is 5.73 Å². The Labute approximate surface area is 62.5 Å². The molecular weight excluding hydrogens is 148 g/mol. The largest absolute Gasteiger partial charge is 0.394 e. The van der Waals surface area contributed by atoms with E-state index in [9.17, 15) is 14.4 Å². The molecule has 0 fully saturated rings. The Bertz CT molecular complexity index is 280. The minimum Gasteiger partial charge on any atom is -0.394 e. The number of carbonyl (C=O) groups is 3. The van der Waals surface area contributed by atoms with Crippen LogP contribution in [0.15, 0.2) is 11.8 Å². The molecule has 3 amide bonds. The molecule has 0 atom stereocenters. The van der Waals surface area contributed by atoms with E-state index in [0.29, 0.717) is 4.90 Å². The molecule has 0 aliphatic carbocycles. The van der Waals surface area contributed by atoms with Gasteiger partial charge in [0.1, 0.15) is 5.70 Å². The van der Waals surface area contributed by atoms with E-state index >= 15 is 0 Å². The van der Waals surface area contributed by atoms with Crippen LogP contribution >= 0.6 is 0 Å². The summed E-state index contributed by atoms with van der Waals surface area (Å²) in [6.45, 7) is 1.13. The molecular formula is C6H6N2O3. The van der Waals surface area contributed by atoms with E-state index in [1.807, 2.05) is 0 Å². The summed E-state index contributed by atoms with van der Waals surface area (Å²) in [5, 5.41) is 0. The molecule has 0 bridgehead atoms. The lowest BCUT2D eigenvalue weighted by molar-refractivity contribution is -0.147. The van der Waals surface area contributed by atoms with E-state index in [-0.39, 0.29) is 5.70 Å². The number of hydrogen-bond donors (Lipinski definition) is 1. The molecule has 0 aromatic rings. The van der Waals surface area contributed by atoms with Crippen LogP contribution in [0.2, 0.25) is 0 Å². The van der Waals surface area contributed by atoms with E-state index in [2.05, 4.69) is 0 Å². The Balaban J connectivity index is 2.99. The molecule has 0 saturated heterocycles. The second-order valence-corrected chi connectivity index (χ2v) is 2.10. The lowest BCUT2D eigenvalue weighted by Crippen LogP contribution is -2.36. The van der Waals surface area contributed by atoms with Gasteiger partial charge in [-0.2, -0.15) is 0 Å². The smallest absolute Gasteiger partial charge is 0.283 e. The van der Waals surface area contributed by atoms with Crippen molar-refractivity contribution < 1.29 is 14.4 Å². The Morgan fingerprint density at radius 3 is 2.27 bits per heavy atom. The van der Waals surface area contributed by atoms with Gasteiger partial charge in [-0.1, -0.05) is 0 Å². The van der Waals surface area contributed by atoms with Gasteiger partial charge in [0.15, 0.2) is 0 Å². The van der Waals surface area contributed by atoms with Crippen LogP contribution in [0, 0.1) is 0 Å². The number of carbonyl (C=O) groups excluding carboxylic acids is 3. The number of hydrogen-bond acceptors (Lipinski definition) is 4. The van der Waals surface area contributed by atoms with Gasteiger partial charge in [-0.05, 0) is 0 Å². The minimum absolute atomic E-state index is 0.190. The summed E-state index contributed by atoms with van der Waals surface area (Å²) < 4.78 is 0. The first-order valence-corrected chi connectivity index (χ1v) is 2.90. The SMILES string of the molecule is CC(=O)N1C(=O)C=C(N)C1=O. The molecule has 1 aliphatic heterocycles. The van der Waals surface area contributed by atoms with Crippen molar-refractivity contribution in [3.8, 4) is 0 Å². The van der Waals surface area contributed by atoms with Crippen molar-refractivity contribution in [1.29, 1.82) is 0 Å². The van der Waals surface area contributed by atoms with E-state index in [4.69, 9.17) is 5.73 Å². The van der Waals surface area contributed by atoms with Crippen molar-refractivity contribution in [2.45, 2.75) is 6.92 Å². The van der Waals surface area contributed by atoms with Gasteiger partial charge in [-0.3, -0.25) is 14.4 Å². The van der Waals surface area contributed by atoms with Gasteiger partial charge >= 0.3 is 0 Å². The molecule has 11 heavy (non-hydrogen) atoms. The highest BCUT2D eigenvalue weighted by Crippen LogP contribution is 2.07. The van der Waals surface area contributed by atoms with Crippen LogP contribution in [0.1, 0.15) is 6.92 Å². The van der Waals surface area contributed by atoms with E-state index in [1.54, 1.807) is 0 Å². The lowest BCUT2D eigenvalue weighted by Gasteiger charge is -2.07. The average molecular weight is 154 g/mol. The maximum Gasteiger partial charge on any atom is 0.283 e. The zero-order valence-corrected chi connectivity index (χ0v) is 5.83. The van der Waals surface area contributed by atoms with Crippen LogP contribution in [0.25, 0.3) is 0 Å². The summed E-state index contributed by atoms with van der Waals surface area (Å²) >= 11 is 0.